The van der Waals surface area contributed by atoms with Crippen molar-refractivity contribution in [3.05, 3.63) is 23.1 Å². The van der Waals surface area contributed by atoms with Gasteiger partial charge in [-0.25, -0.2) is 0 Å². The van der Waals surface area contributed by atoms with Gasteiger partial charge in [0.25, 0.3) is 0 Å². The number of rotatable bonds is 2. The van der Waals surface area contributed by atoms with Crippen LogP contribution < -0.4 is 0 Å². The molecular formula is C7H12S. The van der Waals surface area contributed by atoms with E-state index in [9.17, 15) is 0 Å². The summed E-state index contributed by atoms with van der Waals surface area (Å²) in [5, 5.41) is 0. The van der Waals surface area contributed by atoms with E-state index in [1.54, 1.807) is 0 Å². The van der Waals surface area contributed by atoms with Crippen LogP contribution >= 0.6 is 12.6 Å². The van der Waals surface area contributed by atoms with Crippen LogP contribution in [0.5, 0.6) is 0 Å². The van der Waals surface area contributed by atoms with Crippen molar-refractivity contribution in [3.63, 3.8) is 0 Å². The maximum atomic E-state index is 4.16. The molecule has 0 saturated heterocycles. The molecule has 0 spiro atoms. The molecule has 8 heavy (non-hydrogen) atoms. The first-order valence-electron chi connectivity index (χ1n) is 2.83. The van der Waals surface area contributed by atoms with Crippen LogP contribution in [0.25, 0.3) is 0 Å². The summed E-state index contributed by atoms with van der Waals surface area (Å²) in [6.45, 7) is 4.08. The Morgan fingerprint density at radius 2 is 2.25 bits per heavy atom. The molecule has 46 valence electrons. The lowest BCUT2D eigenvalue weighted by atomic mass is 10.4. The number of hydrogen-bond donors (Lipinski definition) is 1. The van der Waals surface area contributed by atoms with E-state index in [-0.39, 0.29) is 0 Å². The molecule has 0 aliphatic heterocycles. The highest BCUT2D eigenvalue weighted by atomic mass is 32.1. The highest BCUT2D eigenvalue weighted by Crippen LogP contribution is 2.02. The Balaban J connectivity index is 3.61. The summed E-state index contributed by atoms with van der Waals surface area (Å²) in [5.41, 5.74) is 0. The van der Waals surface area contributed by atoms with Crippen molar-refractivity contribution in [2.24, 2.45) is 0 Å². The normalized spacial score (nSPS) is 13.1. The van der Waals surface area contributed by atoms with Crippen LogP contribution in [0, 0.1) is 0 Å². The van der Waals surface area contributed by atoms with Gasteiger partial charge in [-0.15, -0.1) is 12.6 Å². The lowest BCUT2D eigenvalue weighted by Crippen LogP contribution is -1.60. The van der Waals surface area contributed by atoms with Gasteiger partial charge >= 0.3 is 0 Å². The van der Waals surface area contributed by atoms with E-state index >= 15 is 0 Å². The summed E-state index contributed by atoms with van der Waals surface area (Å²) in [7, 11) is 0. The van der Waals surface area contributed by atoms with E-state index in [2.05, 4.69) is 25.6 Å². The molecule has 0 rings (SSSR count). The van der Waals surface area contributed by atoms with Gasteiger partial charge in [0.2, 0.25) is 0 Å². The fourth-order valence-electron chi connectivity index (χ4n) is 0.448. The topological polar surface area (TPSA) is 0 Å². The van der Waals surface area contributed by atoms with Crippen molar-refractivity contribution in [3.8, 4) is 0 Å². The van der Waals surface area contributed by atoms with Gasteiger partial charge in [0.05, 0.1) is 0 Å². The predicted octanol–water partition coefficient (Wildman–Crippen LogP) is 2.79. The SMILES string of the molecule is C/C=C\C(S)=C/CC. The fourth-order valence-corrected chi connectivity index (χ4v) is 0.780. The van der Waals surface area contributed by atoms with Crippen LogP contribution in [-0.2, 0) is 0 Å². The molecule has 0 amide bonds. The monoisotopic (exact) mass is 128 g/mol. The average Bonchev–Trinajstić information content (AvgIpc) is 1.68. The fraction of sp³-hybridized carbons (Fsp3) is 0.429. The summed E-state index contributed by atoms with van der Waals surface area (Å²) in [6, 6.07) is 0. The van der Waals surface area contributed by atoms with Gasteiger partial charge < -0.3 is 0 Å². The Labute approximate surface area is 56.7 Å². The van der Waals surface area contributed by atoms with Gasteiger partial charge in [-0.1, -0.05) is 25.2 Å². The molecule has 0 bridgehead atoms. The second kappa shape index (κ2) is 4.98. The third-order valence-corrected chi connectivity index (χ3v) is 1.08. The maximum absolute atomic E-state index is 4.16. The molecule has 0 nitrogen and oxygen atoms in total. The standard InChI is InChI=1S/C7H12S/c1-3-5-7(8)6-4-2/h3,5-6,8H,4H2,1-2H3/b5-3-,7-6+. The number of hydrogen-bond acceptors (Lipinski definition) is 1. The van der Waals surface area contributed by atoms with Crippen molar-refractivity contribution < 1.29 is 0 Å². The molecule has 0 aromatic heterocycles. The second-order valence-electron chi connectivity index (χ2n) is 1.54. The van der Waals surface area contributed by atoms with Gasteiger partial charge in [-0.2, -0.15) is 0 Å². The Morgan fingerprint density at radius 1 is 1.62 bits per heavy atom. The van der Waals surface area contributed by atoms with Crippen LogP contribution in [0.3, 0.4) is 0 Å². The first-order chi connectivity index (χ1) is 3.81. The van der Waals surface area contributed by atoms with Crippen LogP contribution in [0.4, 0.5) is 0 Å². The molecule has 0 aromatic carbocycles. The lowest BCUT2D eigenvalue weighted by molar-refractivity contribution is 1.22. The zero-order chi connectivity index (χ0) is 6.41. The Morgan fingerprint density at radius 3 is 2.62 bits per heavy atom. The first kappa shape index (κ1) is 7.83. The Hall–Kier alpha value is -0.170. The molecule has 0 aliphatic carbocycles. The van der Waals surface area contributed by atoms with Gasteiger partial charge in [0, 0.05) is 0 Å². The van der Waals surface area contributed by atoms with Crippen LogP contribution in [0.15, 0.2) is 23.1 Å². The molecule has 0 aromatic rings. The molecule has 1 heteroatoms. The van der Waals surface area contributed by atoms with Gasteiger partial charge in [0.1, 0.15) is 0 Å². The van der Waals surface area contributed by atoms with Gasteiger partial charge in [0.15, 0.2) is 0 Å². The molecule has 0 radical (unpaired) electrons. The zero-order valence-corrected chi connectivity index (χ0v) is 6.28. The predicted molar refractivity (Wildman–Crippen MR) is 42.2 cm³/mol. The zero-order valence-electron chi connectivity index (χ0n) is 5.39. The third kappa shape index (κ3) is 4.00. The highest BCUT2D eigenvalue weighted by molar-refractivity contribution is 7.84. The van der Waals surface area contributed by atoms with E-state index in [4.69, 9.17) is 0 Å². The molecular weight excluding hydrogens is 116 g/mol. The lowest BCUT2D eigenvalue weighted by Gasteiger charge is -1.84. The van der Waals surface area contributed by atoms with E-state index < -0.39 is 0 Å². The third-order valence-electron chi connectivity index (χ3n) is 0.751. The van der Waals surface area contributed by atoms with Crippen molar-refractivity contribution in [2.45, 2.75) is 20.3 Å². The van der Waals surface area contributed by atoms with E-state index in [0.29, 0.717) is 0 Å². The van der Waals surface area contributed by atoms with Crippen molar-refractivity contribution in [1.29, 1.82) is 0 Å². The van der Waals surface area contributed by atoms with Crippen LogP contribution in [0.2, 0.25) is 0 Å². The largest absolute Gasteiger partial charge is 0.144 e. The molecule has 0 N–H and O–H groups in total. The highest BCUT2D eigenvalue weighted by Gasteiger charge is 1.75. The minimum absolute atomic E-state index is 1.05. The minimum atomic E-state index is 1.05. The van der Waals surface area contributed by atoms with Crippen molar-refractivity contribution >= 4 is 12.6 Å². The number of allylic oxidation sites excluding steroid dienone is 3. The quantitative estimate of drug-likeness (QED) is 0.429. The summed E-state index contributed by atoms with van der Waals surface area (Å²) in [5.74, 6) is 0. The summed E-state index contributed by atoms with van der Waals surface area (Å²) >= 11 is 4.16. The first-order valence-corrected chi connectivity index (χ1v) is 3.27. The van der Waals surface area contributed by atoms with Gasteiger partial charge in [-0.05, 0) is 18.2 Å². The molecule has 0 aliphatic rings. The molecule has 0 unspecified atom stereocenters. The number of thiol groups is 1. The Kier molecular flexibility index (Phi) is 4.87. The summed E-state index contributed by atoms with van der Waals surface area (Å²) < 4.78 is 0. The van der Waals surface area contributed by atoms with Gasteiger partial charge in [-0.3, -0.25) is 0 Å². The summed E-state index contributed by atoms with van der Waals surface area (Å²) in [6.07, 6.45) is 7.09. The van der Waals surface area contributed by atoms with Crippen LogP contribution in [0.1, 0.15) is 20.3 Å². The van der Waals surface area contributed by atoms with E-state index in [0.717, 1.165) is 11.3 Å². The van der Waals surface area contributed by atoms with Crippen molar-refractivity contribution in [1.82, 2.24) is 0 Å². The molecule has 0 fully saturated rings. The molecule has 0 heterocycles. The smallest absolute Gasteiger partial charge is 0.000338 e. The summed E-state index contributed by atoms with van der Waals surface area (Å²) in [4.78, 5) is 1.05. The maximum Gasteiger partial charge on any atom is -0.000338 e. The van der Waals surface area contributed by atoms with Crippen LogP contribution in [-0.4, -0.2) is 0 Å². The van der Waals surface area contributed by atoms with Crippen molar-refractivity contribution in [2.75, 3.05) is 0 Å². The average molecular weight is 128 g/mol. The van der Waals surface area contributed by atoms with E-state index in [1.165, 1.54) is 0 Å². The minimum Gasteiger partial charge on any atom is -0.144 e. The molecule has 0 saturated carbocycles. The Bertz CT molecular complexity index is 101. The second-order valence-corrected chi connectivity index (χ2v) is 2.05. The van der Waals surface area contributed by atoms with E-state index in [1.807, 2.05) is 19.1 Å². The molecule has 0 atom stereocenters.